The van der Waals surface area contributed by atoms with Crippen LogP contribution in [0.1, 0.15) is 23.8 Å². The van der Waals surface area contributed by atoms with Crippen LogP contribution in [-0.2, 0) is 16.6 Å². The summed E-state index contributed by atoms with van der Waals surface area (Å²) in [4.78, 5) is 39.9. The lowest BCUT2D eigenvalue weighted by molar-refractivity contribution is -0.124. The van der Waals surface area contributed by atoms with Crippen molar-refractivity contribution in [1.29, 1.82) is 0 Å². The quantitative estimate of drug-likeness (QED) is 0.349. The average Bonchev–Trinajstić information content (AvgIpc) is 2.93. The maximum absolute atomic E-state index is 13.6. The second-order valence-corrected chi connectivity index (χ2v) is 8.36. The van der Waals surface area contributed by atoms with E-state index >= 15 is 0 Å². The Balaban J connectivity index is 1.73. The number of amides is 1. The lowest BCUT2D eigenvalue weighted by Gasteiger charge is -2.20. The molecular weight excluding hydrogens is 472 g/mol. The molecule has 4 rings (SSSR count). The van der Waals surface area contributed by atoms with E-state index in [1.807, 2.05) is 36.4 Å². The summed E-state index contributed by atoms with van der Waals surface area (Å²) < 4.78 is 17.6. The predicted molar refractivity (Wildman–Crippen MR) is 142 cm³/mol. The van der Waals surface area contributed by atoms with Gasteiger partial charge in [0.05, 0.1) is 19.9 Å². The molecule has 0 bridgehead atoms. The van der Waals surface area contributed by atoms with Crippen molar-refractivity contribution in [2.75, 3.05) is 19.5 Å². The van der Waals surface area contributed by atoms with Gasteiger partial charge in [0, 0.05) is 24.1 Å². The first-order chi connectivity index (χ1) is 17.9. The highest BCUT2D eigenvalue weighted by Gasteiger charge is 2.28. The van der Waals surface area contributed by atoms with Gasteiger partial charge in [0.2, 0.25) is 0 Å². The number of ether oxygens (including phenoxy) is 3. The van der Waals surface area contributed by atoms with Crippen molar-refractivity contribution < 1.29 is 23.8 Å². The Hall–Kier alpha value is -4.59. The first-order valence-electron chi connectivity index (χ1n) is 11.8. The minimum absolute atomic E-state index is 0.0695. The molecule has 37 heavy (non-hydrogen) atoms. The smallest absolute Gasteiger partial charge is 0.356 e. The molecule has 0 spiro atoms. The van der Waals surface area contributed by atoms with E-state index in [-0.39, 0.29) is 17.7 Å². The third-order valence-electron chi connectivity index (χ3n) is 6.14. The van der Waals surface area contributed by atoms with Crippen LogP contribution >= 0.6 is 0 Å². The molecule has 1 amide bonds. The van der Waals surface area contributed by atoms with E-state index in [0.717, 1.165) is 5.56 Å². The Morgan fingerprint density at radius 1 is 0.919 bits per heavy atom. The molecule has 1 atom stereocenters. The molecule has 190 valence electrons. The van der Waals surface area contributed by atoms with Crippen LogP contribution in [0.4, 0.5) is 5.69 Å². The van der Waals surface area contributed by atoms with Crippen molar-refractivity contribution in [2.24, 2.45) is 7.05 Å². The second-order valence-electron chi connectivity index (χ2n) is 8.36. The van der Waals surface area contributed by atoms with Crippen LogP contribution in [0.25, 0.3) is 21.9 Å². The number of esters is 1. The monoisotopic (exact) mass is 500 g/mol. The molecule has 3 aromatic carbocycles. The highest BCUT2D eigenvalue weighted by molar-refractivity contribution is 6.07. The molecule has 0 aliphatic heterocycles. The molecule has 0 radical (unpaired) electrons. The lowest BCUT2D eigenvalue weighted by Crippen LogP contribution is -2.34. The van der Waals surface area contributed by atoms with Gasteiger partial charge in [-0.3, -0.25) is 9.59 Å². The molecule has 0 aliphatic carbocycles. The van der Waals surface area contributed by atoms with Crippen LogP contribution in [0, 0.1) is 0 Å². The third kappa shape index (κ3) is 5.04. The maximum atomic E-state index is 13.6. The van der Waals surface area contributed by atoms with Crippen LogP contribution in [0.5, 0.6) is 11.5 Å². The number of hydrogen-bond acceptors (Lipinski definition) is 6. The zero-order valence-corrected chi connectivity index (χ0v) is 21.1. The molecule has 1 N–H and O–H groups in total. The van der Waals surface area contributed by atoms with Gasteiger partial charge in [0.15, 0.2) is 6.10 Å². The molecule has 1 heterocycles. The van der Waals surface area contributed by atoms with Crippen LogP contribution in [0.3, 0.4) is 0 Å². The van der Waals surface area contributed by atoms with Gasteiger partial charge >= 0.3 is 5.97 Å². The summed E-state index contributed by atoms with van der Waals surface area (Å²) >= 11 is 0. The van der Waals surface area contributed by atoms with Gasteiger partial charge in [-0.1, -0.05) is 55.5 Å². The average molecular weight is 501 g/mol. The van der Waals surface area contributed by atoms with Crippen molar-refractivity contribution in [2.45, 2.75) is 19.4 Å². The normalized spacial score (nSPS) is 11.6. The van der Waals surface area contributed by atoms with Gasteiger partial charge in [-0.15, -0.1) is 0 Å². The Morgan fingerprint density at radius 3 is 2.24 bits per heavy atom. The molecule has 1 aromatic heterocycles. The Morgan fingerprint density at radius 2 is 1.59 bits per heavy atom. The van der Waals surface area contributed by atoms with E-state index in [0.29, 0.717) is 33.5 Å². The summed E-state index contributed by atoms with van der Waals surface area (Å²) in [7, 11) is 4.53. The second kappa shape index (κ2) is 11.0. The molecule has 1 unspecified atom stereocenters. The Labute approximate surface area is 214 Å². The zero-order chi connectivity index (χ0) is 26.5. The summed E-state index contributed by atoms with van der Waals surface area (Å²) in [6.45, 7) is 1.73. The summed E-state index contributed by atoms with van der Waals surface area (Å²) in [5.41, 5.74) is 1.43. The van der Waals surface area contributed by atoms with Gasteiger partial charge < -0.3 is 24.1 Å². The highest BCUT2D eigenvalue weighted by atomic mass is 16.5. The number of nitrogens with zero attached hydrogens (tertiary/aromatic N) is 1. The van der Waals surface area contributed by atoms with Gasteiger partial charge in [0.25, 0.3) is 11.5 Å². The van der Waals surface area contributed by atoms with Crippen LogP contribution in [0.2, 0.25) is 0 Å². The number of rotatable bonds is 8. The van der Waals surface area contributed by atoms with Crippen molar-refractivity contribution >= 4 is 28.3 Å². The fraction of sp³-hybridized carbons (Fsp3) is 0.207. The summed E-state index contributed by atoms with van der Waals surface area (Å²) in [6.07, 6.45) is -0.903. The number of pyridine rings is 1. The number of nitrogens with one attached hydrogen (secondary N) is 1. The molecule has 0 aliphatic rings. The first-order valence-corrected chi connectivity index (χ1v) is 11.8. The molecule has 8 nitrogen and oxygen atoms in total. The minimum atomic E-state index is -1.12. The predicted octanol–water partition coefficient (Wildman–Crippen LogP) is 4.80. The maximum Gasteiger partial charge on any atom is 0.356 e. The Bertz CT molecular complexity index is 1510. The fourth-order valence-electron chi connectivity index (χ4n) is 4.23. The molecule has 4 aromatic rings. The van der Waals surface area contributed by atoms with Crippen LogP contribution < -0.4 is 20.3 Å². The number of fused-ring (bicyclic) bond motifs is 1. The molecule has 0 saturated heterocycles. The van der Waals surface area contributed by atoms with Gasteiger partial charge in [-0.25, -0.2) is 4.79 Å². The number of methoxy groups -OCH3 is 2. The standard InChI is InChI=1S/C29H28N2O6/c1-5-23(27(32)30-22-17-19(35-3)15-16-24(22)36-4)37-29(34)26-25(18-11-7-6-8-12-18)20-13-9-10-14-21(20)28(33)31(26)2/h6-17,23H,5H2,1-4H3,(H,30,32). The van der Waals surface area contributed by atoms with E-state index in [1.54, 1.807) is 43.3 Å². The van der Waals surface area contributed by atoms with Crippen molar-refractivity contribution in [3.8, 4) is 22.6 Å². The largest absolute Gasteiger partial charge is 0.497 e. The van der Waals surface area contributed by atoms with Gasteiger partial charge in [0.1, 0.15) is 17.2 Å². The van der Waals surface area contributed by atoms with Gasteiger partial charge in [-0.05, 0) is 35.6 Å². The molecular formula is C29H28N2O6. The number of carbonyl (C=O) groups is 2. The number of anilines is 1. The lowest BCUT2D eigenvalue weighted by atomic mass is 9.97. The third-order valence-corrected chi connectivity index (χ3v) is 6.14. The first kappa shape index (κ1) is 25.5. The van der Waals surface area contributed by atoms with Crippen LogP contribution in [-0.4, -0.2) is 36.8 Å². The van der Waals surface area contributed by atoms with E-state index in [1.165, 1.54) is 25.8 Å². The van der Waals surface area contributed by atoms with E-state index in [4.69, 9.17) is 14.2 Å². The number of carbonyl (C=O) groups excluding carboxylic acids is 2. The molecule has 0 saturated carbocycles. The number of benzene rings is 3. The van der Waals surface area contributed by atoms with E-state index < -0.39 is 18.0 Å². The summed E-state index contributed by atoms with van der Waals surface area (Å²) in [6, 6.07) is 21.4. The van der Waals surface area contributed by atoms with Crippen molar-refractivity contribution in [3.05, 3.63) is 88.8 Å². The minimum Gasteiger partial charge on any atom is -0.497 e. The van der Waals surface area contributed by atoms with Crippen molar-refractivity contribution in [3.63, 3.8) is 0 Å². The fourth-order valence-corrected chi connectivity index (χ4v) is 4.23. The Kier molecular flexibility index (Phi) is 7.57. The summed E-state index contributed by atoms with van der Waals surface area (Å²) in [5, 5.41) is 3.87. The topological polar surface area (TPSA) is 95.9 Å². The van der Waals surface area contributed by atoms with Gasteiger partial charge in [-0.2, -0.15) is 0 Å². The highest BCUT2D eigenvalue weighted by Crippen LogP contribution is 2.32. The van der Waals surface area contributed by atoms with Crippen LogP contribution in [0.15, 0.2) is 77.6 Å². The number of hydrogen-bond donors (Lipinski definition) is 1. The SMILES string of the molecule is CCC(OC(=O)c1c(-c2ccccc2)c2ccccc2c(=O)n1C)C(=O)Nc1cc(OC)ccc1OC. The number of aromatic nitrogens is 1. The zero-order valence-electron chi connectivity index (χ0n) is 21.1. The summed E-state index contributed by atoms with van der Waals surface area (Å²) in [5.74, 6) is -0.350. The van der Waals surface area contributed by atoms with E-state index in [2.05, 4.69) is 5.32 Å². The van der Waals surface area contributed by atoms with E-state index in [9.17, 15) is 14.4 Å². The molecule has 0 fully saturated rings. The molecule has 8 heteroatoms. The van der Waals surface area contributed by atoms with Crippen molar-refractivity contribution in [1.82, 2.24) is 4.57 Å².